The van der Waals surface area contributed by atoms with E-state index < -0.39 is 16.8 Å². The first kappa shape index (κ1) is 102. The lowest BCUT2D eigenvalue weighted by Gasteiger charge is -2.56. The van der Waals surface area contributed by atoms with Gasteiger partial charge in [0.1, 0.15) is 0 Å². The van der Waals surface area contributed by atoms with Crippen molar-refractivity contribution >= 4 is 0 Å². The van der Waals surface area contributed by atoms with Gasteiger partial charge in [0.2, 0.25) is 0 Å². The SMILES string of the molecule is CCCC(O)c1cccc(CCC2(O)CCCCCC2)c1.CCCC(O)c1cccc(CCC2CCCC2)c1.CCCCc1cccc(CCC2(O)C(C)(C)CCCC2(C)C)c1.CCCCc1cccc(CCC2(O)CCCCC2)c1.CCCCc1cccc(CCC2(O)CCCCC2)c1.CCCCc1cccc(CCC2(O)CCCCCC2)c1. The number of unbranched alkanes of at least 4 members (excludes halogenated alkanes) is 4. The summed E-state index contributed by atoms with van der Waals surface area (Å²) in [5, 5.41) is 74.3. The fourth-order valence-corrected chi connectivity index (χ4v) is 20.8. The molecule has 6 saturated carbocycles. The maximum Gasteiger partial charge on any atom is 0.0790 e. The standard InChI is InChI=1S/C22H36O.C19H30O2.C19H30O.2C18H28O.C17H26O/c1-6-7-10-18-11-8-12-19(17-18)13-16-22(23)20(2,3)14-9-15-21(22,4)5;1-2-8-18(20)17-10-7-9-16(15-17)11-14-19(21)12-5-3-4-6-13-19;1-2-3-9-17-10-8-11-18(16-17)12-15-19(20)13-6-4-5-7-14-19;2*1-2-3-8-16-9-7-10-17(15-16)11-14-18(19)12-5-4-6-13-18;1-2-6-17(18)16-10-5-9-15(13-16)12-11-14-7-3-4-8-14/h8,11-12,17,23H,6-7,9-10,13-16H2,1-5H3;7,9-10,15,18,20-21H,2-6,8,11-14H2,1H3;8,10-11,16,20H,2-7,9,12-15H2,1H3;2*7,9-10,15,19H,2-6,8,11-14H2,1H3;5,9-10,13-14,17-18H,2-4,6-8,11-12H2,1H3. The molecule has 0 heterocycles. The van der Waals surface area contributed by atoms with Crippen LogP contribution in [0.2, 0.25) is 0 Å². The van der Waals surface area contributed by atoms with Crippen LogP contribution in [0.5, 0.6) is 0 Å². The topological polar surface area (TPSA) is 142 Å². The van der Waals surface area contributed by atoms with E-state index in [0.717, 1.165) is 184 Å². The zero-order valence-corrected chi connectivity index (χ0v) is 78.5. The molecule has 6 fully saturated rings. The largest absolute Gasteiger partial charge is 0.390 e. The first-order valence-electron chi connectivity index (χ1n) is 50.3. The summed E-state index contributed by atoms with van der Waals surface area (Å²) in [6, 6.07) is 52.7. The molecule has 672 valence electrons. The maximum atomic E-state index is 11.6. The molecule has 0 spiro atoms. The van der Waals surface area contributed by atoms with E-state index in [1.807, 2.05) is 12.1 Å². The molecule has 0 amide bonds. The summed E-state index contributed by atoms with van der Waals surface area (Å²) in [7, 11) is 0. The summed E-state index contributed by atoms with van der Waals surface area (Å²) in [6.07, 6.45) is 64.2. The fourth-order valence-electron chi connectivity index (χ4n) is 20.8. The van der Waals surface area contributed by atoms with E-state index in [9.17, 15) is 35.7 Å². The van der Waals surface area contributed by atoms with Crippen molar-refractivity contribution in [3.8, 4) is 0 Å². The predicted octanol–water partition coefficient (Wildman–Crippen LogP) is 29.5. The summed E-state index contributed by atoms with van der Waals surface area (Å²) in [5.74, 6) is 0.953. The van der Waals surface area contributed by atoms with Crippen molar-refractivity contribution in [1.82, 2.24) is 0 Å². The van der Waals surface area contributed by atoms with Crippen LogP contribution in [0.3, 0.4) is 0 Å². The van der Waals surface area contributed by atoms with Crippen molar-refractivity contribution in [3.05, 3.63) is 212 Å². The van der Waals surface area contributed by atoms with Gasteiger partial charge in [0, 0.05) is 0 Å². The molecule has 0 aromatic heterocycles. The summed E-state index contributed by atoms with van der Waals surface area (Å²) < 4.78 is 0. The number of rotatable bonds is 36. The highest BCUT2D eigenvalue weighted by Crippen LogP contribution is 2.56. The Balaban J connectivity index is 0.000000199. The lowest BCUT2D eigenvalue weighted by atomic mass is 9.52. The minimum Gasteiger partial charge on any atom is -0.390 e. The van der Waals surface area contributed by atoms with E-state index in [-0.39, 0.29) is 34.2 Å². The van der Waals surface area contributed by atoms with Gasteiger partial charge in [-0.05, 0) is 289 Å². The third-order valence-corrected chi connectivity index (χ3v) is 29.1. The maximum absolute atomic E-state index is 11.6. The van der Waals surface area contributed by atoms with Gasteiger partial charge in [-0.2, -0.15) is 0 Å². The molecule has 0 radical (unpaired) electrons. The average molecular weight is 1650 g/mol. The number of aryl methyl sites for hydroxylation is 10. The lowest BCUT2D eigenvalue weighted by Crippen LogP contribution is -2.58. The molecule has 7 heteroatoms. The Morgan fingerprint density at radius 3 is 0.783 bits per heavy atom. The molecule has 6 aliphatic rings. The van der Waals surface area contributed by atoms with Crippen molar-refractivity contribution in [1.29, 1.82) is 0 Å². The van der Waals surface area contributed by atoms with Crippen molar-refractivity contribution in [2.75, 3.05) is 0 Å². The third kappa shape index (κ3) is 37.3. The van der Waals surface area contributed by atoms with E-state index in [1.165, 1.54) is 255 Å². The van der Waals surface area contributed by atoms with Crippen LogP contribution in [-0.4, -0.2) is 63.8 Å². The minimum absolute atomic E-state index is 0.00539. The number of hydrogen-bond acceptors (Lipinski definition) is 7. The fraction of sp³-hybridized carbons (Fsp3) is 0.681. The van der Waals surface area contributed by atoms with Crippen LogP contribution in [0, 0.1) is 16.7 Å². The van der Waals surface area contributed by atoms with Gasteiger partial charge in [-0.25, -0.2) is 0 Å². The summed E-state index contributed by atoms with van der Waals surface area (Å²) in [6.45, 7) is 22.2. The zero-order valence-electron chi connectivity index (χ0n) is 78.5. The summed E-state index contributed by atoms with van der Waals surface area (Å²) in [4.78, 5) is 0. The monoisotopic (exact) mass is 1650 g/mol. The number of benzene rings is 6. The molecule has 0 bridgehead atoms. The van der Waals surface area contributed by atoms with Gasteiger partial charge in [-0.1, -0.05) is 375 Å². The van der Waals surface area contributed by atoms with Crippen LogP contribution in [0.4, 0.5) is 0 Å². The molecule has 0 aliphatic heterocycles. The molecule has 7 nitrogen and oxygen atoms in total. The summed E-state index contributed by atoms with van der Waals surface area (Å²) in [5.41, 5.74) is 13.9. The second-order valence-corrected chi connectivity index (χ2v) is 40.3. The Labute approximate surface area is 735 Å². The first-order chi connectivity index (χ1) is 57.8. The summed E-state index contributed by atoms with van der Waals surface area (Å²) >= 11 is 0. The van der Waals surface area contributed by atoms with Crippen LogP contribution in [0.1, 0.15) is 450 Å². The molecular weight excluding hydrogens is 1470 g/mol. The highest BCUT2D eigenvalue weighted by Gasteiger charge is 2.55. The number of hydrogen-bond donors (Lipinski definition) is 7. The second-order valence-electron chi connectivity index (χ2n) is 40.3. The lowest BCUT2D eigenvalue weighted by molar-refractivity contribution is -0.181. The highest BCUT2D eigenvalue weighted by atomic mass is 16.3. The Morgan fingerprint density at radius 1 is 0.267 bits per heavy atom. The molecule has 7 N–H and O–H groups in total. The van der Waals surface area contributed by atoms with Gasteiger partial charge in [-0.3, -0.25) is 0 Å². The normalized spacial score (nSPS) is 19.4. The van der Waals surface area contributed by atoms with Crippen molar-refractivity contribution in [3.63, 3.8) is 0 Å². The number of aliphatic hydroxyl groups excluding tert-OH is 2. The van der Waals surface area contributed by atoms with E-state index in [0.29, 0.717) is 0 Å². The number of aliphatic hydroxyl groups is 7. The van der Waals surface area contributed by atoms with Gasteiger partial charge >= 0.3 is 0 Å². The Bertz CT molecular complexity index is 3570. The Hall–Kier alpha value is -4.96. The van der Waals surface area contributed by atoms with Crippen LogP contribution in [0.15, 0.2) is 146 Å². The van der Waals surface area contributed by atoms with E-state index in [2.05, 4.69) is 203 Å². The van der Waals surface area contributed by atoms with Gasteiger partial charge in [-0.15, -0.1) is 0 Å². The van der Waals surface area contributed by atoms with Gasteiger partial charge in [0.15, 0.2) is 0 Å². The Morgan fingerprint density at radius 2 is 0.508 bits per heavy atom. The van der Waals surface area contributed by atoms with Crippen molar-refractivity contribution < 1.29 is 35.7 Å². The van der Waals surface area contributed by atoms with Gasteiger partial charge in [0.05, 0.1) is 40.2 Å². The third-order valence-electron chi connectivity index (χ3n) is 29.1. The predicted molar refractivity (Wildman–Crippen MR) is 512 cm³/mol. The second kappa shape index (κ2) is 54.8. The van der Waals surface area contributed by atoms with Crippen LogP contribution < -0.4 is 0 Å². The molecule has 12 rings (SSSR count). The average Bonchev–Trinajstić information content (AvgIpc) is 0.746. The van der Waals surface area contributed by atoms with Crippen molar-refractivity contribution in [2.24, 2.45) is 16.7 Å². The Kier molecular flexibility index (Phi) is 46.7. The molecule has 6 aliphatic carbocycles. The van der Waals surface area contributed by atoms with Gasteiger partial charge < -0.3 is 35.7 Å². The van der Waals surface area contributed by atoms with E-state index >= 15 is 0 Å². The molecule has 0 saturated heterocycles. The smallest absolute Gasteiger partial charge is 0.0790 e. The molecule has 2 atom stereocenters. The zero-order chi connectivity index (χ0) is 86.4. The molecule has 120 heavy (non-hydrogen) atoms. The van der Waals surface area contributed by atoms with Crippen LogP contribution in [-0.2, 0) is 64.2 Å². The molecule has 2 unspecified atom stereocenters. The first-order valence-corrected chi connectivity index (χ1v) is 50.3. The molecule has 6 aromatic carbocycles. The van der Waals surface area contributed by atoms with E-state index in [1.54, 1.807) is 0 Å². The quantitative estimate of drug-likeness (QED) is 0.0194. The van der Waals surface area contributed by atoms with Gasteiger partial charge in [0.25, 0.3) is 0 Å². The molecule has 6 aromatic rings. The van der Waals surface area contributed by atoms with Crippen LogP contribution in [0.25, 0.3) is 0 Å². The minimum atomic E-state index is -0.586. The highest BCUT2D eigenvalue weighted by molar-refractivity contribution is 5.30. The van der Waals surface area contributed by atoms with E-state index in [4.69, 9.17) is 0 Å². The van der Waals surface area contributed by atoms with Crippen LogP contribution >= 0.6 is 0 Å². The molecular formula is C113H178O7. The van der Waals surface area contributed by atoms with Crippen molar-refractivity contribution in [2.45, 2.75) is 475 Å².